The van der Waals surface area contributed by atoms with Crippen LogP contribution in [0.25, 0.3) is 11.1 Å². The van der Waals surface area contributed by atoms with E-state index in [0.29, 0.717) is 30.3 Å². The van der Waals surface area contributed by atoms with Crippen molar-refractivity contribution in [3.63, 3.8) is 0 Å². The number of rotatable bonds is 5. The van der Waals surface area contributed by atoms with Crippen molar-refractivity contribution in [2.24, 2.45) is 0 Å². The summed E-state index contributed by atoms with van der Waals surface area (Å²) < 4.78 is 5.56. The molecule has 0 spiro atoms. The van der Waals surface area contributed by atoms with Gasteiger partial charge in [0.15, 0.2) is 0 Å². The smallest absolute Gasteiger partial charge is 0.259 e. The molecular weight excluding hydrogens is 402 g/mol. The SMILES string of the molecule is CCCc1noc2nc(C3CC3)cc(C(=O)N3CCNCC3c3cccnc3)c12.Cl. The maximum absolute atomic E-state index is 13.8. The van der Waals surface area contributed by atoms with Crippen LogP contribution in [0, 0.1) is 0 Å². The summed E-state index contributed by atoms with van der Waals surface area (Å²) in [5.74, 6) is 0.457. The molecule has 1 aliphatic heterocycles. The molecule has 1 aliphatic carbocycles. The topological polar surface area (TPSA) is 84.2 Å². The maximum Gasteiger partial charge on any atom is 0.259 e. The second-order valence-electron chi connectivity index (χ2n) is 7.93. The van der Waals surface area contributed by atoms with Crippen molar-refractivity contribution < 1.29 is 9.32 Å². The average Bonchev–Trinajstić information content (AvgIpc) is 3.55. The first-order valence-corrected chi connectivity index (χ1v) is 10.5. The monoisotopic (exact) mass is 427 g/mol. The van der Waals surface area contributed by atoms with E-state index < -0.39 is 0 Å². The number of carbonyl (C=O) groups is 1. The Kier molecular flexibility index (Phi) is 6.01. The van der Waals surface area contributed by atoms with Gasteiger partial charge >= 0.3 is 0 Å². The molecule has 4 heterocycles. The fraction of sp³-hybridized carbons (Fsp3) is 0.455. The zero-order valence-corrected chi connectivity index (χ0v) is 17.8. The molecule has 1 amide bonds. The van der Waals surface area contributed by atoms with Crippen LogP contribution in [0.15, 0.2) is 35.1 Å². The zero-order valence-electron chi connectivity index (χ0n) is 17.0. The number of amides is 1. The van der Waals surface area contributed by atoms with E-state index >= 15 is 0 Å². The third-order valence-electron chi connectivity index (χ3n) is 5.82. The molecule has 3 aromatic heterocycles. The average molecular weight is 428 g/mol. The van der Waals surface area contributed by atoms with Crippen LogP contribution < -0.4 is 5.32 Å². The highest BCUT2D eigenvalue weighted by molar-refractivity contribution is 6.06. The van der Waals surface area contributed by atoms with E-state index in [0.717, 1.165) is 54.6 Å². The third-order valence-corrected chi connectivity index (χ3v) is 5.82. The highest BCUT2D eigenvalue weighted by Gasteiger charge is 2.33. The van der Waals surface area contributed by atoms with E-state index in [2.05, 4.69) is 27.4 Å². The van der Waals surface area contributed by atoms with Crippen LogP contribution >= 0.6 is 12.4 Å². The van der Waals surface area contributed by atoms with E-state index in [4.69, 9.17) is 4.52 Å². The summed E-state index contributed by atoms with van der Waals surface area (Å²) in [6.45, 7) is 4.24. The van der Waals surface area contributed by atoms with Gasteiger partial charge in [-0.2, -0.15) is 0 Å². The van der Waals surface area contributed by atoms with Gasteiger partial charge in [-0.3, -0.25) is 9.78 Å². The van der Waals surface area contributed by atoms with Crippen LogP contribution in [0.2, 0.25) is 0 Å². The minimum absolute atomic E-state index is 0. The molecule has 0 aromatic carbocycles. The molecule has 30 heavy (non-hydrogen) atoms. The summed E-state index contributed by atoms with van der Waals surface area (Å²) >= 11 is 0. The van der Waals surface area contributed by atoms with E-state index in [1.54, 1.807) is 6.20 Å². The van der Waals surface area contributed by atoms with Crippen molar-refractivity contribution in [1.29, 1.82) is 0 Å². The Morgan fingerprint density at radius 3 is 2.97 bits per heavy atom. The number of halogens is 1. The molecule has 2 aliphatic rings. The van der Waals surface area contributed by atoms with Crippen molar-refractivity contribution in [3.8, 4) is 0 Å². The van der Waals surface area contributed by atoms with Gasteiger partial charge in [0, 0.05) is 43.6 Å². The molecule has 1 saturated carbocycles. The van der Waals surface area contributed by atoms with Crippen LogP contribution in [0.3, 0.4) is 0 Å². The molecule has 5 rings (SSSR count). The Balaban J connectivity index is 0.00000218. The van der Waals surface area contributed by atoms with Crippen molar-refractivity contribution >= 4 is 29.4 Å². The second kappa shape index (κ2) is 8.70. The van der Waals surface area contributed by atoms with Crippen molar-refractivity contribution in [2.45, 2.75) is 44.6 Å². The van der Waals surface area contributed by atoms with Gasteiger partial charge in [-0.15, -0.1) is 12.4 Å². The van der Waals surface area contributed by atoms with E-state index in [1.807, 2.05) is 29.3 Å². The zero-order chi connectivity index (χ0) is 19.8. The standard InChI is InChI=1S/C22H25N5O2.ClH/c1-2-4-17-20-16(11-18(14-6-7-14)25-21(20)29-26-17)22(28)27-10-9-24-13-19(27)15-5-3-8-23-12-15;/h3,5,8,11-12,14,19,24H,2,4,6-7,9-10,13H2,1H3;1H. The van der Waals surface area contributed by atoms with E-state index in [9.17, 15) is 4.79 Å². The first kappa shape index (κ1) is 20.8. The van der Waals surface area contributed by atoms with Gasteiger partial charge in [-0.25, -0.2) is 4.98 Å². The molecule has 1 atom stereocenters. The summed E-state index contributed by atoms with van der Waals surface area (Å²) in [5, 5.41) is 8.43. The van der Waals surface area contributed by atoms with E-state index in [-0.39, 0.29) is 24.4 Å². The molecular formula is C22H26ClN5O2. The molecule has 7 nitrogen and oxygen atoms in total. The van der Waals surface area contributed by atoms with E-state index in [1.165, 1.54) is 0 Å². The molecule has 8 heteroatoms. The van der Waals surface area contributed by atoms with Gasteiger partial charge in [0.05, 0.1) is 22.7 Å². The lowest BCUT2D eigenvalue weighted by Crippen LogP contribution is -2.48. The van der Waals surface area contributed by atoms with Crippen LogP contribution in [0.1, 0.15) is 65.5 Å². The number of piperazine rings is 1. The molecule has 3 aromatic rings. The number of carbonyl (C=O) groups excluding carboxylic acids is 1. The number of hydrogen-bond acceptors (Lipinski definition) is 6. The summed E-state index contributed by atoms with van der Waals surface area (Å²) in [6.07, 6.45) is 7.55. The molecule has 2 fully saturated rings. The first-order valence-electron chi connectivity index (χ1n) is 10.5. The van der Waals surface area contributed by atoms with Gasteiger partial charge in [-0.1, -0.05) is 24.6 Å². The van der Waals surface area contributed by atoms with Crippen LogP contribution in [-0.2, 0) is 6.42 Å². The Hall–Kier alpha value is -2.51. The largest absolute Gasteiger partial charge is 0.336 e. The Morgan fingerprint density at radius 2 is 2.23 bits per heavy atom. The van der Waals surface area contributed by atoms with Gasteiger partial charge in [0.2, 0.25) is 0 Å². The quantitative estimate of drug-likeness (QED) is 0.669. The minimum atomic E-state index is -0.0491. The van der Waals surface area contributed by atoms with Crippen LogP contribution in [-0.4, -0.2) is 45.6 Å². The predicted molar refractivity (Wildman–Crippen MR) is 116 cm³/mol. The summed E-state index contributed by atoms with van der Waals surface area (Å²) in [4.78, 5) is 24.7. The number of nitrogens with zero attached hydrogens (tertiary/aromatic N) is 4. The Morgan fingerprint density at radius 1 is 1.37 bits per heavy atom. The van der Waals surface area contributed by atoms with Crippen LogP contribution in [0.4, 0.5) is 0 Å². The second-order valence-corrected chi connectivity index (χ2v) is 7.93. The summed E-state index contributed by atoms with van der Waals surface area (Å²) in [5.41, 5.74) is 3.99. The Bertz CT molecular complexity index is 1030. The number of nitrogens with one attached hydrogen (secondary N) is 1. The summed E-state index contributed by atoms with van der Waals surface area (Å²) in [6, 6.07) is 5.89. The predicted octanol–water partition coefficient (Wildman–Crippen LogP) is 3.66. The normalized spacial score (nSPS) is 19.0. The molecule has 0 radical (unpaired) electrons. The lowest BCUT2D eigenvalue weighted by atomic mass is 10.0. The summed E-state index contributed by atoms with van der Waals surface area (Å²) in [7, 11) is 0. The highest BCUT2D eigenvalue weighted by atomic mass is 35.5. The maximum atomic E-state index is 13.8. The number of fused-ring (bicyclic) bond motifs is 1. The molecule has 158 valence electrons. The first-order chi connectivity index (χ1) is 14.3. The number of hydrogen-bond donors (Lipinski definition) is 1. The lowest BCUT2D eigenvalue weighted by Gasteiger charge is -2.36. The minimum Gasteiger partial charge on any atom is -0.336 e. The van der Waals surface area contributed by atoms with Gasteiger partial charge in [0.25, 0.3) is 11.6 Å². The number of pyridine rings is 2. The molecule has 1 N–H and O–H groups in total. The third kappa shape index (κ3) is 3.79. The van der Waals surface area contributed by atoms with Gasteiger partial charge in [-0.05, 0) is 37.0 Å². The fourth-order valence-electron chi connectivity index (χ4n) is 4.17. The fourth-order valence-corrected chi connectivity index (χ4v) is 4.17. The highest BCUT2D eigenvalue weighted by Crippen LogP contribution is 2.41. The van der Waals surface area contributed by atoms with Crippen molar-refractivity contribution in [2.75, 3.05) is 19.6 Å². The lowest BCUT2D eigenvalue weighted by molar-refractivity contribution is 0.0635. The molecule has 1 unspecified atom stereocenters. The van der Waals surface area contributed by atoms with Crippen molar-refractivity contribution in [1.82, 2.24) is 25.3 Å². The number of aromatic nitrogens is 3. The Labute approximate surface area is 181 Å². The van der Waals surface area contributed by atoms with Gasteiger partial charge in [0.1, 0.15) is 0 Å². The van der Waals surface area contributed by atoms with Crippen LogP contribution in [0.5, 0.6) is 0 Å². The molecule has 1 saturated heterocycles. The number of aryl methyl sites for hydroxylation is 1. The molecule has 0 bridgehead atoms. The van der Waals surface area contributed by atoms with Gasteiger partial charge < -0.3 is 14.7 Å². The van der Waals surface area contributed by atoms with Crippen molar-refractivity contribution in [3.05, 3.63) is 53.1 Å².